The smallest absolute Gasteiger partial charge is 0.326 e. The minimum absolute atomic E-state index is 0.0112. The molecule has 8 nitrogen and oxygen atoms in total. The van der Waals surface area contributed by atoms with Gasteiger partial charge >= 0.3 is 11.9 Å². The summed E-state index contributed by atoms with van der Waals surface area (Å²) in [7, 11) is 0. The number of nitrogens with one attached hydrogen (secondary N) is 2. The Morgan fingerprint density at radius 2 is 1.68 bits per heavy atom. The maximum atomic E-state index is 12.1. The zero-order valence-corrected chi connectivity index (χ0v) is 14.6. The van der Waals surface area contributed by atoms with E-state index in [0.717, 1.165) is 12.8 Å². The fourth-order valence-corrected chi connectivity index (χ4v) is 3.00. The summed E-state index contributed by atoms with van der Waals surface area (Å²) in [4.78, 5) is 45.1. The Morgan fingerprint density at radius 3 is 2.20 bits per heavy atom. The summed E-state index contributed by atoms with van der Waals surface area (Å²) >= 11 is 0. The van der Waals surface area contributed by atoms with E-state index in [1.807, 2.05) is 0 Å². The quantitative estimate of drug-likeness (QED) is 0.464. The highest BCUT2D eigenvalue weighted by molar-refractivity contribution is 5.85. The molecule has 0 aromatic rings. The minimum atomic E-state index is -1.02. The predicted octanol–water partition coefficient (Wildman–Crippen LogP) is 1.14. The molecule has 0 bridgehead atoms. The monoisotopic (exact) mass is 356 g/mol. The van der Waals surface area contributed by atoms with Gasteiger partial charge in [-0.3, -0.25) is 14.4 Å². The van der Waals surface area contributed by atoms with Crippen LogP contribution in [0.3, 0.4) is 0 Å². The van der Waals surface area contributed by atoms with Crippen molar-refractivity contribution in [3.05, 3.63) is 0 Å². The standard InChI is InChI=1S/C17H28N2O6/c1-2-13(17(24)25)19-16(23)12-8-6-11(7-9-12)10-18-14(20)4-3-5-15(21)22/h11-13H,2-10H2,1H3,(H,18,20)(H,19,23)(H,21,22)(H,24,25)/t11-,12-,13-/m0/s1. The number of hydrogen-bond acceptors (Lipinski definition) is 4. The average Bonchev–Trinajstić information content (AvgIpc) is 2.57. The lowest BCUT2D eigenvalue weighted by molar-refractivity contribution is -0.142. The number of amides is 2. The van der Waals surface area contributed by atoms with Gasteiger partial charge in [-0.05, 0) is 44.4 Å². The summed E-state index contributed by atoms with van der Waals surface area (Å²) in [5, 5.41) is 22.9. The summed E-state index contributed by atoms with van der Waals surface area (Å²) in [6.07, 6.45) is 3.85. The summed E-state index contributed by atoms with van der Waals surface area (Å²) in [6.45, 7) is 2.25. The second-order valence-electron chi connectivity index (χ2n) is 6.58. The molecule has 0 aromatic carbocycles. The van der Waals surface area contributed by atoms with E-state index in [0.29, 0.717) is 38.1 Å². The Balaban J connectivity index is 2.24. The number of carbonyl (C=O) groups excluding carboxylic acids is 2. The van der Waals surface area contributed by atoms with Crippen molar-refractivity contribution >= 4 is 23.8 Å². The molecule has 1 fully saturated rings. The van der Waals surface area contributed by atoms with Gasteiger partial charge in [0, 0.05) is 25.3 Å². The van der Waals surface area contributed by atoms with E-state index in [4.69, 9.17) is 10.2 Å². The first-order chi connectivity index (χ1) is 11.8. The van der Waals surface area contributed by atoms with Gasteiger partial charge in [-0.2, -0.15) is 0 Å². The third-order valence-electron chi connectivity index (χ3n) is 4.62. The third-order valence-corrected chi connectivity index (χ3v) is 4.62. The zero-order chi connectivity index (χ0) is 18.8. The second kappa shape index (κ2) is 10.7. The SMILES string of the molecule is CC[C@H](NC(=O)[C@H]1CC[C@H](CNC(=O)CCCC(=O)O)CC1)C(=O)O. The van der Waals surface area contributed by atoms with Crippen LogP contribution in [0, 0.1) is 11.8 Å². The molecule has 8 heteroatoms. The van der Waals surface area contributed by atoms with E-state index in [1.54, 1.807) is 6.92 Å². The molecule has 0 unspecified atom stereocenters. The van der Waals surface area contributed by atoms with Crippen molar-refractivity contribution in [3.8, 4) is 0 Å². The summed E-state index contributed by atoms with van der Waals surface area (Å²) in [5.41, 5.74) is 0. The number of hydrogen-bond donors (Lipinski definition) is 4. The van der Waals surface area contributed by atoms with Crippen molar-refractivity contribution in [3.63, 3.8) is 0 Å². The molecule has 1 atom stereocenters. The Labute approximate surface area is 147 Å². The van der Waals surface area contributed by atoms with E-state index < -0.39 is 18.0 Å². The van der Waals surface area contributed by atoms with E-state index in [2.05, 4.69) is 10.6 Å². The van der Waals surface area contributed by atoms with Crippen molar-refractivity contribution < 1.29 is 29.4 Å². The van der Waals surface area contributed by atoms with Crippen LogP contribution in [0.15, 0.2) is 0 Å². The van der Waals surface area contributed by atoms with Gasteiger partial charge in [0.15, 0.2) is 0 Å². The third kappa shape index (κ3) is 8.00. The lowest BCUT2D eigenvalue weighted by Gasteiger charge is -2.28. The molecule has 0 spiro atoms. The Hall–Kier alpha value is -2.12. The highest BCUT2D eigenvalue weighted by Crippen LogP contribution is 2.28. The van der Waals surface area contributed by atoms with Gasteiger partial charge in [0.05, 0.1) is 0 Å². The molecule has 0 aliphatic heterocycles. The lowest BCUT2D eigenvalue weighted by atomic mass is 9.81. The molecule has 1 aliphatic rings. The van der Waals surface area contributed by atoms with Crippen LogP contribution in [0.4, 0.5) is 0 Å². The van der Waals surface area contributed by atoms with Crippen LogP contribution in [-0.2, 0) is 19.2 Å². The van der Waals surface area contributed by atoms with Crippen LogP contribution in [0.1, 0.15) is 58.3 Å². The molecule has 25 heavy (non-hydrogen) atoms. The van der Waals surface area contributed by atoms with E-state index in [9.17, 15) is 19.2 Å². The average molecular weight is 356 g/mol. The summed E-state index contributed by atoms with van der Waals surface area (Å²) in [5.74, 6) is -2.14. The van der Waals surface area contributed by atoms with Gasteiger partial charge in [0.2, 0.25) is 11.8 Å². The number of carboxylic acid groups (broad SMARTS) is 2. The van der Waals surface area contributed by atoms with E-state index in [1.165, 1.54) is 0 Å². The second-order valence-corrected chi connectivity index (χ2v) is 6.58. The van der Waals surface area contributed by atoms with Gasteiger partial charge in [-0.25, -0.2) is 4.79 Å². The van der Waals surface area contributed by atoms with Crippen molar-refractivity contribution in [2.75, 3.05) is 6.54 Å². The van der Waals surface area contributed by atoms with Gasteiger partial charge < -0.3 is 20.8 Å². The molecule has 2 amide bonds. The molecule has 1 saturated carbocycles. The molecule has 4 N–H and O–H groups in total. The Bertz CT molecular complexity index is 486. The van der Waals surface area contributed by atoms with Crippen molar-refractivity contribution in [1.29, 1.82) is 0 Å². The maximum absolute atomic E-state index is 12.1. The number of carbonyl (C=O) groups is 4. The fraction of sp³-hybridized carbons (Fsp3) is 0.765. The lowest BCUT2D eigenvalue weighted by Crippen LogP contribution is -2.44. The molecular weight excluding hydrogens is 328 g/mol. The van der Waals surface area contributed by atoms with Crippen molar-refractivity contribution in [2.24, 2.45) is 11.8 Å². The van der Waals surface area contributed by atoms with Crippen LogP contribution in [0.25, 0.3) is 0 Å². The van der Waals surface area contributed by atoms with Crippen LogP contribution in [-0.4, -0.2) is 46.6 Å². The molecule has 142 valence electrons. The molecule has 1 rings (SSSR count). The molecule has 0 aromatic heterocycles. The zero-order valence-electron chi connectivity index (χ0n) is 14.6. The van der Waals surface area contributed by atoms with Gasteiger partial charge in [-0.15, -0.1) is 0 Å². The van der Waals surface area contributed by atoms with Crippen LogP contribution < -0.4 is 10.6 Å². The summed E-state index contributed by atoms with van der Waals surface area (Å²) in [6, 6.07) is -0.838. The van der Waals surface area contributed by atoms with Crippen LogP contribution in [0.5, 0.6) is 0 Å². The molecule has 0 radical (unpaired) electrons. The Kier molecular flexibility index (Phi) is 8.94. The largest absolute Gasteiger partial charge is 0.481 e. The first-order valence-corrected chi connectivity index (χ1v) is 8.85. The molecular formula is C17H28N2O6. The van der Waals surface area contributed by atoms with E-state index >= 15 is 0 Å². The topological polar surface area (TPSA) is 133 Å². The van der Waals surface area contributed by atoms with Crippen molar-refractivity contribution in [1.82, 2.24) is 10.6 Å². The van der Waals surface area contributed by atoms with Gasteiger partial charge in [0.25, 0.3) is 0 Å². The Morgan fingerprint density at radius 1 is 1.04 bits per heavy atom. The number of carboxylic acids is 2. The number of rotatable bonds is 10. The maximum Gasteiger partial charge on any atom is 0.326 e. The normalized spacial score (nSPS) is 21.2. The van der Waals surface area contributed by atoms with Crippen LogP contribution >= 0.6 is 0 Å². The summed E-state index contributed by atoms with van der Waals surface area (Å²) < 4.78 is 0. The molecule has 0 saturated heterocycles. The highest BCUT2D eigenvalue weighted by Gasteiger charge is 2.28. The highest BCUT2D eigenvalue weighted by atomic mass is 16.4. The predicted molar refractivity (Wildman–Crippen MR) is 89.8 cm³/mol. The first kappa shape index (κ1) is 20.9. The van der Waals surface area contributed by atoms with Crippen LogP contribution in [0.2, 0.25) is 0 Å². The van der Waals surface area contributed by atoms with Gasteiger partial charge in [0.1, 0.15) is 6.04 Å². The number of aliphatic carboxylic acids is 2. The van der Waals surface area contributed by atoms with E-state index in [-0.39, 0.29) is 30.6 Å². The minimum Gasteiger partial charge on any atom is -0.481 e. The molecule has 1 aliphatic carbocycles. The van der Waals surface area contributed by atoms with Gasteiger partial charge in [-0.1, -0.05) is 6.92 Å². The fourth-order valence-electron chi connectivity index (χ4n) is 3.00. The molecule has 0 heterocycles. The van der Waals surface area contributed by atoms with Crippen molar-refractivity contribution in [2.45, 2.75) is 64.3 Å². The first-order valence-electron chi connectivity index (χ1n) is 8.85.